The number of hydrogen-bond donors (Lipinski definition) is 0. The van der Waals surface area contributed by atoms with Gasteiger partial charge in [0.2, 0.25) is 0 Å². The summed E-state index contributed by atoms with van der Waals surface area (Å²) in [5, 5.41) is 1.86. The summed E-state index contributed by atoms with van der Waals surface area (Å²) >= 11 is 1.60. The zero-order chi connectivity index (χ0) is 13.1. The molecule has 0 radical (unpaired) electrons. The Morgan fingerprint density at radius 2 is 1.26 bits per heavy atom. The van der Waals surface area contributed by atoms with Crippen LogP contribution in [0.15, 0.2) is 76.9 Å². The molecule has 0 fully saturated rings. The normalized spacial score (nSPS) is 10.3. The summed E-state index contributed by atoms with van der Waals surface area (Å²) in [5.41, 5.74) is 2.93. The maximum absolute atomic E-state index is 12.2. The third-order valence-corrected chi connectivity index (χ3v) is 3.92. The number of benzene rings is 2. The second kappa shape index (κ2) is 5.21. The molecule has 0 aliphatic carbocycles. The summed E-state index contributed by atoms with van der Waals surface area (Å²) in [6.45, 7) is 0. The topological polar surface area (TPSA) is 17.1 Å². The number of hydrogen-bond acceptors (Lipinski definition) is 2. The van der Waals surface area contributed by atoms with Crippen molar-refractivity contribution in [2.24, 2.45) is 0 Å². The molecule has 0 bridgehead atoms. The average Bonchev–Trinajstić information content (AvgIpc) is 2.49. The Labute approximate surface area is 115 Å². The van der Waals surface area contributed by atoms with E-state index in [4.69, 9.17) is 0 Å². The van der Waals surface area contributed by atoms with Gasteiger partial charge in [-0.25, -0.2) is 0 Å². The van der Waals surface area contributed by atoms with Crippen molar-refractivity contribution in [3.63, 3.8) is 0 Å². The lowest BCUT2D eigenvalue weighted by Gasteiger charge is -2.07. The van der Waals surface area contributed by atoms with Crippen LogP contribution in [0, 0.1) is 0 Å². The highest BCUT2D eigenvalue weighted by Gasteiger charge is 2.10. The average molecular weight is 264 g/mol. The van der Waals surface area contributed by atoms with Gasteiger partial charge in [0, 0.05) is 10.4 Å². The van der Waals surface area contributed by atoms with Gasteiger partial charge in [-0.1, -0.05) is 60.7 Å². The summed E-state index contributed by atoms with van der Waals surface area (Å²) in [4.78, 5) is 13.2. The monoisotopic (exact) mass is 264 g/mol. The Hall–Kier alpha value is -2.19. The molecule has 0 aliphatic heterocycles. The van der Waals surface area contributed by atoms with Gasteiger partial charge < -0.3 is 0 Å². The second-order valence-electron chi connectivity index (χ2n) is 4.22. The maximum Gasteiger partial charge on any atom is 0.188 e. The van der Waals surface area contributed by atoms with E-state index in [-0.39, 0.29) is 5.43 Å². The van der Waals surface area contributed by atoms with E-state index in [2.05, 4.69) is 0 Å². The Kier molecular flexibility index (Phi) is 3.25. The predicted molar refractivity (Wildman–Crippen MR) is 81.5 cm³/mol. The van der Waals surface area contributed by atoms with Crippen LogP contribution in [-0.4, -0.2) is 0 Å². The molecule has 0 spiro atoms. The van der Waals surface area contributed by atoms with Crippen molar-refractivity contribution in [2.45, 2.75) is 0 Å². The molecule has 2 aromatic carbocycles. The van der Waals surface area contributed by atoms with Crippen molar-refractivity contribution in [1.29, 1.82) is 0 Å². The first-order valence-corrected chi connectivity index (χ1v) is 6.97. The molecule has 2 heteroatoms. The molecule has 3 aromatic rings. The van der Waals surface area contributed by atoms with Crippen molar-refractivity contribution in [2.75, 3.05) is 0 Å². The first kappa shape index (κ1) is 11.9. The highest BCUT2D eigenvalue weighted by molar-refractivity contribution is 7.13. The Morgan fingerprint density at radius 1 is 0.684 bits per heavy atom. The van der Waals surface area contributed by atoms with Gasteiger partial charge in [0.05, 0.1) is 0 Å². The summed E-state index contributed by atoms with van der Waals surface area (Å²) in [6.07, 6.45) is 0. The van der Waals surface area contributed by atoms with E-state index >= 15 is 0 Å². The highest BCUT2D eigenvalue weighted by atomic mass is 32.1. The van der Waals surface area contributed by atoms with Crippen molar-refractivity contribution in [3.05, 3.63) is 82.3 Å². The molecule has 1 nitrogen and oxygen atoms in total. The lowest BCUT2D eigenvalue weighted by molar-refractivity contribution is 1.58. The van der Waals surface area contributed by atoms with Crippen LogP contribution >= 0.6 is 11.3 Å². The summed E-state index contributed by atoms with van der Waals surface area (Å²) in [5.74, 6) is 0. The zero-order valence-corrected chi connectivity index (χ0v) is 11.1. The Balaban J connectivity index is 2.28. The summed E-state index contributed by atoms with van der Waals surface area (Å²) < 4.78 is 0. The minimum absolute atomic E-state index is 0.0730. The molecule has 3 rings (SSSR count). The SMILES string of the molecule is O=c1ccsc(-c2ccccc2)c1-c1ccccc1. The van der Waals surface area contributed by atoms with Crippen molar-refractivity contribution in [3.8, 4) is 21.6 Å². The fourth-order valence-corrected chi connectivity index (χ4v) is 3.03. The smallest absolute Gasteiger partial charge is 0.188 e. The van der Waals surface area contributed by atoms with Crippen LogP contribution in [0.5, 0.6) is 0 Å². The van der Waals surface area contributed by atoms with Crippen LogP contribution in [0.25, 0.3) is 21.6 Å². The van der Waals surface area contributed by atoms with E-state index in [0.717, 1.165) is 21.6 Å². The number of rotatable bonds is 2. The standard InChI is InChI=1S/C17H12OS/c18-15-11-12-19-17(14-9-5-2-6-10-14)16(15)13-7-3-1-4-8-13/h1-12H. The van der Waals surface area contributed by atoms with E-state index in [1.54, 1.807) is 17.4 Å². The van der Waals surface area contributed by atoms with E-state index in [1.165, 1.54) is 0 Å². The molecule has 1 aromatic heterocycles. The van der Waals surface area contributed by atoms with Crippen LogP contribution in [-0.2, 0) is 0 Å². The molecular formula is C17H12OS. The van der Waals surface area contributed by atoms with Gasteiger partial charge >= 0.3 is 0 Å². The van der Waals surface area contributed by atoms with Crippen molar-refractivity contribution < 1.29 is 0 Å². The van der Waals surface area contributed by atoms with Crippen LogP contribution in [0.3, 0.4) is 0 Å². The molecule has 1 heterocycles. The molecule has 0 N–H and O–H groups in total. The fraction of sp³-hybridized carbons (Fsp3) is 0. The van der Waals surface area contributed by atoms with Gasteiger partial charge in [-0.3, -0.25) is 4.79 Å². The first-order valence-electron chi connectivity index (χ1n) is 6.09. The lowest BCUT2D eigenvalue weighted by atomic mass is 10.0. The molecule has 92 valence electrons. The molecule has 19 heavy (non-hydrogen) atoms. The lowest BCUT2D eigenvalue weighted by Crippen LogP contribution is -2.02. The van der Waals surface area contributed by atoms with Crippen LogP contribution in [0.2, 0.25) is 0 Å². The predicted octanol–water partition coefficient (Wildman–Crippen LogP) is 4.44. The fourth-order valence-electron chi connectivity index (χ4n) is 2.10. The van der Waals surface area contributed by atoms with Crippen molar-refractivity contribution in [1.82, 2.24) is 0 Å². The minimum atomic E-state index is 0.0730. The zero-order valence-electron chi connectivity index (χ0n) is 10.2. The molecule has 0 atom stereocenters. The third-order valence-electron chi connectivity index (χ3n) is 2.98. The summed E-state index contributed by atoms with van der Waals surface area (Å²) in [7, 11) is 0. The van der Waals surface area contributed by atoms with Crippen molar-refractivity contribution >= 4 is 11.3 Å². The second-order valence-corrected chi connectivity index (χ2v) is 5.14. The molecule has 0 saturated carbocycles. The van der Waals surface area contributed by atoms with Gasteiger partial charge in [0.15, 0.2) is 5.43 Å². The van der Waals surface area contributed by atoms with Gasteiger partial charge in [0.1, 0.15) is 0 Å². The molecular weight excluding hydrogens is 252 g/mol. The largest absolute Gasteiger partial charge is 0.289 e. The van der Waals surface area contributed by atoms with Crippen LogP contribution in [0.1, 0.15) is 0 Å². The Bertz CT molecular complexity index is 730. The Morgan fingerprint density at radius 3 is 1.89 bits per heavy atom. The molecule has 0 saturated heterocycles. The van der Waals surface area contributed by atoms with E-state index in [0.29, 0.717) is 0 Å². The van der Waals surface area contributed by atoms with E-state index in [9.17, 15) is 4.79 Å². The quantitative estimate of drug-likeness (QED) is 0.668. The van der Waals surface area contributed by atoms with Gasteiger partial charge in [-0.2, -0.15) is 0 Å². The van der Waals surface area contributed by atoms with Gasteiger partial charge in [0.25, 0.3) is 0 Å². The first-order chi connectivity index (χ1) is 9.36. The maximum atomic E-state index is 12.2. The van der Waals surface area contributed by atoms with E-state index < -0.39 is 0 Å². The van der Waals surface area contributed by atoms with Gasteiger partial charge in [-0.05, 0) is 22.6 Å². The van der Waals surface area contributed by atoms with Crippen LogP contribution in [0.4, 0.5) is 0 Å². The van der Waals surface area contributed by atoms with Gasteiger partial charge in [-0.15, -0.1) is 11.3 Å². The molecule has 0 aliphatic rings. The molecule has 0 amide bonds. The minimum Gasteiger partial charge on any atom is -0.289 e. The van der Waals surface area contributed by atoms with E-state index in [1.807, 2.05) is 66.0 Å². The molecule has 0 unspecified atom stereocenters. The third kappa shape index (κ3) is 2.35. The highest BCUT2D eigenvalue weighted by Crippen LogP contribution is 2.32. The van der Waals surface area contributed by atoms with Crippen LogP contribution < -0.4 is 5.43 Å². The summed E-state index contributed by atoms with van der Waals surface area (Å²) in [6, 6.07) is 21.5.